The molecule has 0 unspecified atom stereocenters. The maximum atomic E-state index is 6.01. The van der Waals surface area contributed by atoms with Crippen LogP contribution in [-0.4, -0.2) is 13.6 Å². The Morgan fingerprint density at radius 1 is 1.06 bits per heavy atom. The fraction of sp³-hybridized carbons (Fsp3) is 0.625. The summed E-state index contributed by atoms with van der Waals surface area (Å²) in [5.41, 5.74) is 1.51. The Morgan fingerprint density at radius 2 is 1.67 bits per heavy atom. The van der Waals surface area contributed by atoms with Crippen molar-refractivity contribution in [2.75, 3.05) is 13.6 Å². The Hall–Kier alpha value is -0.530. The third kappa shape index (κ3) is 2.19. The third-order valence-electron chi connectivity index (χ3n) is 5.09. The molecule has 0 spiro atoms. The first-order valence-electron chi connectivity index (χ1n) is 7.19. The van der Waals surface area contributed by atoms with Gasteiger partial charge in [-0.3, -0.25) is 0 Å². The van der Waals surface area contributed by atoms with Gasteiger partial charge in [0, 0.05) is 5.02 Å². The quantitative estimate of drug-likeness (QED) is 0.867. The van der Waals surface area contributed by atoms with E-state index in [1.54, 1.807) is 0 Å². The summed E-state index contributed by atoms with van der Waals surface area (Å²) in [6, 6.07) is 8.60. The number of hydrogen-bond acceptors (Lipinski definition) is 1. The second-order valence-electron chi connectivity index (χ2n) is 5.97. The molecule has 2 heteroatoms. The minimum Gasteiger partial charge on any atom is -0.319 e. The molecule has 3 saturated carbocycles. The van der Waals surface area contributed by atoms with Crippen LogP contribution in [0.25, 0.3) is 0 Å². The Labute approximate surface area is 115 Å². The summed E-state index contributed by atoms with van der Waals surface area (Å²) in [5.74, 6) is 3.41. The first-order valence-corrected chi connectivity index (χ1v) is 7.57. The summed E-state index contributed by atoms with van der Waals surface area (Å²) >= 11 is 6.01. The van der Waals surface area contributed by atoms with E-state index in [1.165, 1.54) is 31.2 Å². The van der Waals surface area contributed by atoms with Gasteiger partial charge in [-0.15, -0.1) is 0 Å². The Morgan fingerprint density at radius 3 is 2.28 bits per heavy atom. The highest BCUT2D eigenvalue weighted by molar-refractivity contribution is 6.30. The molecular weight excluding hydrogens is 242 g/mol. The van der Waals surface area contributed by atoms with Gasteiger partial charge in [0.15, 0.2) is 0 Å². The van der Waals surface area contributed by atoms with Gasteiger partial charge in [0.25, 0.3) is 0 Å². The number of nitrogens with one attached hydrogen (secondary N) is 1. The van der Waals surface area contributed by atoms with Crippen molar-refractivity contribution in [3.8, 4) is 0 Å². The van der Waals surface area contributed by atoms with Gasteiger partial charge in [0.1, 0.15) is 0 Å². The van der Waals surface area contributed by atoms with E-state index in [4.69, 9.17) is 11.6 Å². The number of hydrogen-bond donors (Lipinski definition) is 1. The van der Waals surface area contributed by atoms with Gasteiger partial charge in [0.05, 0.1) is 0 Å². The van der Waals surface area contributed by atoms with Crippen molar-refractivity contribution in [2.24, 2.45) is 17.8 Å². The van der Waals surface area contributed by atoms with Crippen molar-refractivity contribution in [3.63, 3.8) is 0 Å². The lowest BCUT2D eigenvalue weighted by Gasteiger charge is -2.49. The summed E-state index contributed by atoms with van der Waals surface area (Å²) in [5, 5.41) is 4.26. The van der Waals surface area contributed by atoms with Crippen LogP contribution in [0.15, 0.2) is 24.3 Å². The zero-order chi connectivity index (χ0) is 12.5. The molecule has 1 aromatic carbocycles. The fourth-order valence-electron chi connectivity index (χ4n) is 4.31. The van der Waals surface area contributed by atoms with Crippen molar-refractivity contribution in [1.29, 1.82) is 0 Å². The normalized spacial score (nSPS) is 34.8. The van der Waals surface area contributed by atoms with E-state index in [1.807, 2.05) is 0 Å². The van der Waals surface area contributed by atoms with Crippen molar-refractivity contribution < 1.29 is 0 Å². The molecule has 0 radical (unpaired) electrons. The van der Waals surface area contributed by atoms with Crippen LogP contribution < -0.4 is 5.32 Å². The van der Waals surface area contributed by atoms with Gasteiger partial charge < -0.3 is 5.32 Å². The molecular formula is C16H22ClN. The van der Waals surface area contributed by atoms with E-state index in [9.17, 15) is 0 Å². The van der Waals surface area contributed by atoms with Gasteiger partial charge in [0.2, 0.25) is 0 Å². The molecule has 0 amide bonds. The average molecular weight is 264 g/mol. The number of benzene rings is 1. The van der Waals surface area contributed by atoms with Crippen LogP contribution in [-0.2, 0) is 0 Å². The van der Waals surface area contributed by atoms with E-state index in [0.29, 0.717) is 0 Å². The van der Waals surface area contributed by atoms with E-state index in [0.717, 1.165) is 35.2 Å². The molecule has 2 bridgehead atoms. The zero-order valence-electron chi connectivity index (χ0n) is 11.0. The molecule has 0 aromatic heterocycles. The first-order chi connectivity index (χ1) is 8.79. The second kappa shape index (κ2) is 5.22. The summed E-state index contributed by atoms with van der Waals surface area (Å²) in [4.78, 5) is 0. The third-order valence-corrected chi connectivity index (χ3v) is 5.34. The van der Waals surface area contributed by atoms with Crippen molar-refractivity contribution in [3.05, 3.63) is 34.9 Å². The molecule has 0 aliphatic heterocycles. The Balaban J connectivity index is 1.89. The van der Waals surface area contributed by atoms with Gasteiger partial charge in [-0.1, -0.05) is 23.7 Å². The van der Waals surface area contributed by atoms with E-state index in [-0.39, 0.29) is 0 Å². The molecule has 18 heavy (non-hydrogen) atoms. The SMILES string of the molecule is CNC[C@@H]1C2CCC(CC2)[C@@H]1c1ccc(Cl)cc1. The minimum atomic E-state index is 0.752. The van der Waals surface area contributed by atoms with Crippen LogP contribution in [0.1, 0.15) is 37.2 Å². The highest BCUT2D eigenvalue weighted by Gasteiger charge is 2.43. The first kappa shape index (κ1) is 12.5. The van der Waals surface area contributed by atoms with Crippen LogP contribution in [0.3, 0.4) is 0 Å². The smallest absolute Gasteiger partial charge is 0.0406 e. The maximum absolute atomic E-state index is 6.01. The molecule has 0 saturated heterocycles. The molecule has 1 aromatic rings. The van der Waals surface area contributed by atoms with E-state index in [2.05, 4.69) is 36.6 Å². The van der Waals surface area contributed by atoms with Crippen LogP contribution in [0.2, 0.25) is 5.02 Å². The lowest BCUT2D eigenvalue weighted by Crippen LogP contribution is -2.42. The zero-order valence-corrected chi connectivity index (χ0v) is 11.8. The van der Waals surface area contributed by atoms with Crippen molar-refractivity contribution >= 4 is 11.6 Å². The molecule has 98 valence electrons. The van der Waals surface area contributed by atoms with Gasteiger partial charge in [-0.25, -0.2) is 0 Å². The van der Waals surface area contributed by atoms with Crippen LogP contribution >= 0.6 is 11.6 Å². The summed E-state index contributed by atoms with van der Waals surface area (Å²) < 4.78 is 0. The minimum absolute atomic E-state index is 0.752. The van der Waals surface area contributed by atoms with Crippen LogP contribution in [0, 0.1) is 17.8 Å². The number of rotatable bonds is 3. The molecule has 3 aliphatic carbocycles. The second-order valence-corrected chi connectivity index (χ2v) is 6.41. The molecule has 1 nitrogen and oxygen atoms in total. The molecule has 3 aliphatic rings. The molecule has 4 rings (SSSR count). The van der Waals surface area contributed by atoms with Gasteiger partial charge in [-0.2, -0.15) is 0 Å². The monoisotopic (exact) mass is 263 g/mol. The lowest BCUT2D eigenvalue weighted by atomic mass is 9.57. The fourth-order valence-corrected chi connectivity index (χ4v) is 4.43. The molecule has 3 fully saturated rings. The van der Waals surface area contributed by atoms with E-state index >= 15 is 0 Å². The Kier molecular flexibility index (Phi) is 3.63. The highest BCUT2D eigenvalue weighted by atomic mass is 35.5. The summed E-state index contributed by atoms with van der Waals surface area (Å²) in [6.07, 6.45) is 5.75. The largest absolute Gasteiger partial charge is 0.319 e. The van der Waals surface area contributed by atoms with Crippen molar-refractivity contribution in [2.45, 2.75) is 31.6 Å². The molecule has 0 heterocycles. The van der Waals surface area contributed by atoms with Gasteiger partial charge in [-0.05, 0) is 80.6 Å². The topological polar surface area (TPSA) is 12.0 Å². The Bertz CT molecular complexity index is 392. The van der Waals surface area contributed by atoms with Crippen LogP contribution in [0.5, 0.6) is 0 Å². The predicted molar refractivity (Wildman–Crippen MR) is 77.1 cm³/mol. The summed E-state index contributed by atoms with van der Waals surface area (Å²) in [6.45, 7) is 1.16. The highest BCUT2D eigenvalue weighted by Crippen LogP contribution is 2.53. The van der Waals surface area contributed by atoms with Gasteiger partial charge >= 0.3 is 0 Å². The molecule has 2 atom stereocenters. The lowest BCUT2D eigenvalue weighted by molar-refractivity contribution is 0.0688. The number of fused-ring (bicyclic) bond motifs is 3. The predicted octanol–water partition coefficient (Wildman–Crippen LogP) is 4.08. The molecule has 1 N–H and O–H groups in total. The number of halogens is 1. The average Bonchev–Trinajstić information content (AvgIpc) is 2.42. The summed E-state index contributed by atoms with van der Waals surface area (Å²) in [7, 11) is 2.08. The maximum Gasteiger partial charge on any atom is 0.0406 e. The van der Waals surface area contributed by atoms with Crippen LogP contribution in [0.4, 0.5) is 0 Å². The van der Waals surface area contributed by atoms with Crippen molar-refractivity contribution in [1.82, 2.24) is 5.32 Å². The standard InChI is InChI=1S/C16H22ClN/c1-18-10-15-11-2-4-12(5-3-11)16(15)13-6-8-14(17)9-7-13/h6-9,11-12,15-16,18H,2-5,10H2,1H3/t11?,12?,15-,16-/m1/s1. The van der Waals surface area contributed by atoms with E-state index < -0.39 is 0 Å².